The van der Waals surface area contributed by atoms with E-state index in [0.717, 1.165) is 10.5 Å². The maximum absolute atomic E-state index is 13.4. The summed E-state index contributed by atoms with van der Waals surface area (Å²) in [6.45, 7) is 13.0. The number of carbonyl (C=O) groups excluding carboxylic acids is 2. The van der Waals surface area contributed by atoms with Gasteiger partial charge in [-0.1, -0.05) is 31.5 Å². The molecule has 9 heteroatoms. The fourth-order valence-corrected chi connectivity index (χ4v) is 5.70. The summed E-state index contributed by atoms with van der Waals surface area (Å²) in [6, 6.07) is 6.49. The van der Waals surface area contributed by atoms with Gasteiger partial charge >= 0.3 is 11.9 Å². The number of nitrogens with zero attached hydrogens (tertiary/aromatic N) is 1. The third-order valence-corrected chi connectivity index (χ3v) is 7.49. The SMILES string of the molecule is CCOC(=O)[C@@H]1C[C@H]([N+](=O)[O-])[C@@H](C(=O)OC(C)(C)C)[C@H](OC(CC)CC)[C@@H]1Sc1ccc(C)cc1. The van der Waals surface area contributed by atoms with Crippen LogP contribution in [0.25, 0.3) is 0 Å². The van der Waals surface area contributed by atoms with Crippen LogP contribution in [0.3, 0.4) is 0 Å². The molecule has 0 heterocycles. The van der Waals surface area contributed by atoms with E-state index in [1.165, 1.54) is 11.8 Å². The van der Waals surface area contributed by atoms with E-state index in [1.54, 1.807) is 27.7 Å². The van der Waals surface area contributed by atoms with Crippen LogP contribution in [0.1, 0.15) is 66.4 Å². The van der Waals surface area contributed by atoms with Gasteiger partial charge in [-0.3, -0.25) is 19.7 Å². The molecule has 0 N–H and O–H groups in total. The highest BCUT2D eigenvalue weighted by atomic mass is 32.2. The number of hydrogen-bond acceptors (Lipinski definition) is 8. The predicted molar refractivity (Wildman–Crippen MR) is 135 cm³/mol. The standard InChI is InChI=1S/C26H39NO7S/c1-8-17(9-2)33-22-21(25(29)34-26(5,6)7)20(27(30)31)15-19(24(28)32-10-3)23(22)35-18-13-11-16(4)12-14-18/h11-14,17,19-23H,8-10,15H2,1-7H3/t19-,20+,21-,22+,23-/m1/s1. The number of hydrogen-bond donors (Lipinski definition) is 0. The summed E-state index contributed by atoms with van der Waals surface area (Å²) in [4.78, 5) is 39.1. The lowest BCUT2D eigenvalue weighted by Gasteiger charge is -2.43. The smallest absolute Gasteiger partial charge is 0.319 e. The summed E-state index contributed by atoms with van der Waals surface area (Å²) in [5.74, 6) is -3.15. The molecule has 35 heavy (non-hydrogen) atoms. The number of benzene rings is 1. The normalized spacial score (nSPS) is 24.7. The zero-order valence-corrected chi connectivity index (χ0v) is 22.6. The zero-order chi connectivity index (χ0) is 26.3. The summed E-state index contributed by atoms with van der Waals surface area (Å²) in [5, 5.41) is 11.7. The average molecular weight is 510 g/mol. The van der Waals surface area contributed by atoms with Crippen molar-refractivity contribution in [3.63, 3.8) is 0 Å². The lowest BCUT2D eigenvalue weighted by Crippen LogP contribution is -2.58. The number of esters is 2. The molecule has 0 aromatic heterocycles. The van der Waals surface area contributed by atoms with Crippen LogP contribution in [0.2, 0.25) is 0 Å². The van der Waals surface area contributed by atoms with E-state index in [0.29, 0.717) is 12.8 Å². The minimum Gasteiger partial charge on any atom is -0.466 e. The average Bonchev–Trinajstić information content (AvgIpc) is 2.77. The zero-order valence-electron chi connectivity index (χ0n) is 21.8. The Morgan fingerprint density at radius 1 is 1.11 bits per heavy atom. The van der Waals surface area contributed by atoms with Crippen molar-refractivity contribution in [3.8, 4) is 0 Å². The summed E-state index contributed by atoms with van der Waals surface area (Å²) in [5.41, 5.74) is 0.264. The fourth-order valence-electron chi connectivity index (χ4n) is 4.34. The van der Waals surface area contributed by atoms with Crippen LogP contribution in [0, 0.1) is 28.9 Å². The highest BCUT2D eigenvalue weighted by Gasteiger charge is 2.58. The van der Waals surface area contributed by atoms with Gasteiger partial charge in [-0.25, -0.2) is 0 Å². The Kier molecular flexibility index (Phi) is 10.6. The van der Waals surface area contributed by atoms with Crippen molar-refractivity contribution >= 4 is 23.7 Å². The van der Waals surface area contributed by atoms with Gasteiger partial charge in [0.15, 0.2) is 5.92 Å². The molecule has 0 bridgehead atoms. The molecule has 1 aliphatic carbocycles. The Morgan fingerprint density at radius 2 is 1.71 bits per heavy atom. The molecule has 1 aliphatic rings. The molecule has 0 amide bonds. The quantitative estimate of drug-likeness (QED) is 0.240. The van der Waals surface area contributed by atoms with E-state index < -0.39 is 51.7 Å². The number of nitro groups is 1. The number of thioether (sulfide) groups is 1. The summed E-state index contributed by atoms with van der Waals surface area (Å²) in [7, 11) is 0. The van der Waals surface area contributed by atoms with E-state index in [9.17, 15) is 19.7 Å². The van der Waals surface area contributed by atoms with Crippen molar-refractivity contribution in [3.05, 3.63) is 39.9 Å². The number of ether oxygens (including phenoxy) is 3. The maximum atomic E-state index is 13.4. The van der Waals surface area contributed by atoms with Crippen molar-refractivity contribution in [2.24, 2.45) is 11.8 Å². The molecule has 5 atom stereocenters. The molecule has 0 saturated heterocycles. The predicted octanol–water partition coefficient (Wildman–Crippen LogP) is 5.22. The van der Waals surface area contributed by atoms with E-state index in [4.69, 9.17) is 14.2 Å². The van der Waals surface area contributed by atoms with E-state index in [-0.39, 0.29) is 19.1 Å². The third kappa shape index (κ3) is 7.93. The molecule has 1 aromatic rings. The van der Waals surface area contributed by atoms with Gasteiger partial charge in [0.05, 0.1) is 30.0 Å². The highest BCUT2D eigenvalue weighted by Crippen LogP contribution is 2.44. The van der Waals surface area contributed by atoms with Gasteiger partial charge in [0.25, 0.3) is 0 Å². The van der Waals surface area contributed by atoms with Gasteiger partial charge in [-0.15, -0.1) is 11.8 Å². The van der Waals surface area contributed by atoms with Gasteiger partial charge < -0.3 is 14.2 Å². The number of aryl methyl sites for hydroxylation is 1. The van der Waals surface area contributed by atoms with Crippen molar-refractivity contribution < 1.29 is 28.7 Å². The van der Waals surface area contributed by atoms with Crippen LogP contribution < -0.4 is 0 Å². The van der Waals surface area contributed by atoms with Crippen molar-refractivity contribution in [2.75, 3.05) is 6.61 Å². The van der Waals surface area contributed by atoms with Gasteiger partial charge in [-0.05, 0) is 59.6 Å². The summed E-state index contributed by atoms with van der Waals surface area (Å²) < 4.78 is 17.4. The minimum absolute atomic E-state index is 0.123. The minimum atomic E-state index is -1.33. The molecule has 1 aromatic carbocycles. The first-order valence-corrected chi connectivity index (χ1v) is 13.2. The first-order chi connectivity index (χ1) is 16.4. The number of carbonyl (C=O) groups is 2. The second-order valence-electron chi connectivity index (χ2n) is 9.94. The van der Waals surface area contributed by atoms with Crippen LogP contribution in [0.4, 0.5) is 0 Å². The van der Waals surface area contributed by atoms with Crippen LogP contribution in [0.5, 0.6) is 0 Å². The van der Waals surface area contributed by atoms with Crippen LogP contribution >= 0.6 is 11.8 Å². The molecule has 1 fully saturated rings. The van der Waals surface area contributed by atoms with Crippen molar-refractivity contribution in [1.82, 2.24) is 0 Å². The monoisotopic (exact) mass is 509 g/mol. The number of rotatable bonds is 10. The molecular weight excluding hydrogens is 470 g/mol. The molecule has 2 rings (SSSR count). The molecule has 0 spiro atoms. The fraction of sp³-hybridized carbons (Fsp3) is 0.692. The second-order valence-corrected chi connectivity index (χ2v) is 11.2. The summed E-state index contributed by atoms with van der Waals surface area (Å²) >= 11 is 1.40. The van der Waals surface area contributed by atoms with Gasteiger partial charge in [0, 0.05) is 16.2 Å². The molecule has 196 valence electrons. The van der Waals surface area contributed by atoms with Crippen LogP contribution in [0.15, 0.2) is 29.2 Å². The maximum Gasteiger partial charge on any atom is 0.319 e. The Hall–Kier alpha value is -2.13. The largest absolute Gasteiger partial charge is 0.466 e. The molecule has 0 aliphatic heterocycles. The first kappa shape index (κ1) is 29.1. The van der Waals surface area contributed by atoms with Crippen LogP contribution in [-0.4, -0.2) is 52.6 Å². The highest BCUT2D eigenvalue weighted by molar-refractivity contribution is 8.00. The first-order valence-electron chi connectivity index (χ1n) is 12.3. The molecule has 0 unspecified atom stereocenters. The molecule has 8 nitrogen and oxygen atoms in total. The van der Waals surface area contributed by atoms with Crippen molar-refractivity contribution in [2.45, 2.75) is 102 Å². The molecular formula is C26H39NO7S. The van der Waals surface area contributed by atoms with E-state index in [2.05, 4.69) is 0 Å². The Bertz CT molecular complexity index is 863. The van der Waals surface area contributed by atoms with Gasteiger partial charge in [-0.2, -0.15) is 0 Å². The molecule has 1 saturated carbocycles. The topological polar surface area (TPSA) is 105 Å². The Balaban J connectivity index is 2.62. The lowest BCUT2D eigenvalue weighted by atomic mass is 9.75. The van der Waals surface area contributed by atoms with Crippen molar-refractivity contribution in [1.29, 1.82) is 0 Å². The van der Waals surface area contributed by atoms with E-state index >= 15 is 0 Å². The second kappa shape index (κ2) is 12.7. The third-order valence-electron chi connectivity index (χ3n) is 6.08. The van der Waals surface area contributed by atoms with Gasteiger partial charge in [0.1, 0.15) is 5.60 Å². The van der Waals surface area contributed by atoms with Gasteiger partial charge in [0.2, 0.25) is 6.04 Å². The Labute approximate surface area is 212 Å². The summed E-state index contributed by atoms with van der Waals surface area (Å²) in [6.07, 6.45) is 0.0907. The Morgan fingerprint density at radius 3 is 2.20 bits per heavy atom. The van der Waals surface area contributed by atoms with E-state index in [1.807, 2.05) is 45.0 Å². The van der Waals surface area contributed by atoms with Crippen LogP contribution in [-0.2, 0) is 23.8 Å². The lowest BCUT2D eigenvalue weighted by molar-refractivity contribution is -0.537. The molecule has 0 radical (unpaired) electrons.